The van der Waals surface area contributed by atoms with E-state index < -0.39 is 27.1 Å². The third-order valence-electron chi connectivity index (χ3n) is 6.25. The first-order chi connectivity index (χ1) is 18.6. The number of rotatable bonds is 7. The maximum atomic E-state index is 13.7. The number of anilines is 2. The topological polar surface area (TPSA) is 113 Å². The maximum Gasteiger partial charge on any atom is 0.290 e. The van der Waals surface area contributed by atoms with Crippen LogP contribution in [0.15, 0.2) is 70.5 Å². The number of hydrogen-bond acceptors (Lipinski definition) is 6. The standard InChI is InChI=1S/C27H21Cl2N3O5S2/c1-2-5-16-6-3-4-7-21(16)31-39(36,37)17-9-11-22-18(13-17)23(24-25(33)30-27(35)38-24)26(34)32(22)14-15-8-10-19(28)20(29)12-15/h3-4,6-13,31H,2,5,14H2,1H3,(H,30,33,35)/b24-23-. The number of amides is 3. The first-order valence-electron chi connectivity index (χ1n) is 11.9. The van der Waals surface area contributed by atoms with Gasteiger partial charge in [0.1, 0.15) is 0 Å². The van der Waals surface area contributed by atoms with Gasteiger partial charge in [-0.05, 0) is 65.7 Å². The first-order valence-corrected chi connectivity index (χ1v) is 14.9. The Morgan fingerprint density at radius 2 is 1.74 bits per heavy atom. The second-order valence-corrected chi connectivity index (χ2v) is 12.4. The van der Waals surface area contributed by atoms with Gasteiger partial charge in [0.15, 0.2) is 0 Å². The SMILES string of the molecule is CCCc1ccccc1NS(=O)(=O)c1ccc2c(c1)/C(=C1/SC(=O)NC1=O)C(=O)N2Cc1ccc(Cl)c(Cl)c1. The molecule has 2 aliphatic heterocycles. The lowest BCUT2D eigenvalue weighted by atomic mass is 10.1. The van der Waals surface area contributed by atoms with Gasteiger partial charge in [0, 0.05) is 5.56 Å². The Morgan fingerprint density at radius 3 is 2.44 bits per heavy atom. The molecule has 8 nitrogen and oxygen atoms in total. The summed E-state index contributed by atoms with van der Waals surface area (Å²) in [6, 6.07) is 16.4. The lowest BCUT2D eigenvalue weighted by Gasteiger charge is -2.18. The summed E-state index contributed by atoms with van der Waals surface area (Å²) in [5, 5.41) is 2.22. The Labute approximate surface area is 239 Å². The van der Waals surface area contributed by atoms with Crippen LogP contribution in [-0.4, -0.2) is 25.5 Å². The van der Waals surface area contributed by atoms with Crippen molar-refractivity contribution in [2.75, 3.05) is 9.62 Å². The van der Waals surface area contributed by atoms with Crippen LogP contribution in [0.2, 0.25) is 10.0 Å². The largest absolute Gasteiger partial charge is 0.303 e. The van der Waals surface area contributed by atoms with Crippen LogP contribution in [0.1, 0.15) is 30.0 Å². The summed E-state index contributed by atoms with van der Waals surface area (Å²) < 4.78 is 29.5. The number of halogens is 2. The molecule has 0 bridgehead atoms. The van der Waals surface area contributed by atoms with E-state index in [4.69, 9.17) is 23.2 Å². The van der Waals surface area contributed by atoms with Crippen LogP contribution in [0.4, 0.5) is 16.2 Å². The molecular formula is C27H21Cl2N3O5S2. The molecule has 3 amide bonds. The average Bonchev–Trinajstić information content (AvgIpc) is 3.36. The van der Waals surface area contributed by atoms with Crippen LogP contribution >= 0.6 is 35.0 Å². The monoisotopic (exact) mass is 601 g/mol. The molecular weight excluding hydrogens is 581 g/mol. The number of carbonyl (C=O) groups is 3. The van der Waals surface area contributed by atoms with Gasteiger partial charge in [0.2, 0.25) is 0 Å². The lowest BCUT2D eigenvalue weighted by molar-refractivity contribution is -0.116. The summed E-state index contributed by atoms with van der Waals surface area (Å²) in [4.78, 5) is 39.4. The lowest BCUT2D eigenvalue weighted by Crippen LogP contribution is -2.26. The van der Waals surface area contributed by atoms with Gasteiger partial charge in [-0.25, -0.2) is 8.42 Å². The molecule has 12 heteroatoms. The predicted molar refractivity (Wildman–Crippen MR) is 153 cm³/mol. The fourth-order valence-electron chi connectivity index (χ4n) is 4.46. The van der Waals surface area contributed by atoms with Crippen LogP contribution in [0, 0.1) is 0 Å². The summed E-state index contributed by atoms with van der Waals surface area (Å²) in [6.07, 6.45) is 1.53. The highest BCUT2D eigenvalue weighted by atomic mass is 35.5. The van der Waals surface area contributed by atoms with Gasteiger partial charge in [-0.2, -0.15) is 0 Å². The van der Waals surface area contributed by atoms with Crippen molar-refractivity contribution < 1.29 is 22.8 Å². The molecule has 3 aromatic rings. The van der Waals surface area contributed by atoms with Gasteiger partial charge < -0.3 is 4.90 Å². The van der Waals surface area contributed by atoms with E-state index in [1.54, 1.807) is 30.3 Å². The fourth-order valence-corrected chi connectivity index (χ4v) is 6.68. The molecule has 0 saturated carbocycles. The molecule has 5 rings (SSSR count). The summed E-state index contributed by atoms with van der Waals surface area (Å²) in [5.74, 6) is -1.25. The van der Waals surface area contributed by atoms with Gasteiger partial charge in [-0.15, -0.1) is 0 Å². The number of nitrogens with zero attached hydrogens (tertiary/aromatic N) is 1. The highest BCUT2D eigenvalue weighted by molar-refractivity contribution is 8.18. The Morgan fingerprint density at radius 1 is 0.974 bits per heavy atom. The molecule has 0 atom stereocenters. The molecule has 200 valence electrons. The van der Waals surface area contributed by atoms with Gasteiger partial charge in [-0.1, -0.05) is 60.8 Å². The number of thioether (sulfide) groups is 1. The van der Waals surface area contributed by atoms with Crippen molar-refractivity contribution in [1.29, 1.82) is 0 Å². The van der Waals surface area contributed by atoms with E-state index in [1.165, 1.54) is 23.1 Å². The number of carbonyl (C=O) groups excluding carboxylic acids is 3. The Balaban J connectivity index is 1.59. The second-order valence-electron chi connectivity index (χ2n) is 8.88. The number of benzene rings is 3. The molecule has 0 unspecified atom stereocenters. The van der Waals surface area contributed by atoms with Crippen molar-refractivity contribution in [3.8, 4) is 0 Å². The molecule has 2 aliphatic rings. The minimum Gasteiger partial charge on any atom is -0.303 e. The molecule has 0 spiro atoms. The number of fused-ring (bicyclic) bond motifs is 1. The third kappa shape index (κ3) is 5.29. The van der Waals surface area contributed by atoms with Crippen LogP contribution in [0.3, 0.4) is 0 Å². The average molecular weight is 603 g/mol. The Kier molecular flexibility index (Phi) is 7.47. The maximum absolute atomic E-state index is 13.7. The third-order valence-corrected chi connectivity index (χ3v) is 9.23. The summed E-state index contributed by atoms with van der Waals surface area (Å²) >= 11 is 12.8. The van der Waals surface area contributed by atoms with Crippen LogP contribution < -0.4 is 14.9 Å². The van der Waals surface area contributed by atoms with E-state index in [1.807, 2.05) is 19.1 Å². The normalized spacial score (nSPS) is 17.0. The Hall–Kier alpha value is -3.31. The van der Waals surface area contributed by atoms with E-state index >= 15 is 0 Å². The molecule has 2 heterocycles. The van der Waals surface area contributed by atoms with Crippen molar-refractivity contribution in [1.82, 2.24) is 5.32 Å². The van der Waals surface area contributed by atoms with Crippen molar-refractivity contribution in [2.45, 2.75) is 31.2 Å². The van der Waals surface area contributed by atoms with E-state index in [2.05, 4.69) is 10.0 Å². The van der Waals surface area contributed by atoms with Crippen LogP contribution in [0.5, 0.6) is 0 Å². The van der Waals surface area contributed by atoms with Crippen molar-refractivity contribution in [2.24, 2.45) is 0 Å². The van der Waals surface area contributed by atoms with Crippen molar-refractivity contribution in [3.05, 3.63) is 92.3 Å². The highest BCUT2D eigenvalue weighted by Crippen LogP contribution is 2.44. The number of aryl methyl sites for hydroxylation is 1. The van der Waals surface area contributed by atoms with Crippen molar-refractivity contribution >= 4 is 79.0 Å². The number of para-hydroxylation sites is 1. The number of hydrogen-bond donors (Lipinski definition) is 2. The molecule has 0 radical (unpaired) electrons. The minimum absolute atomic E-state index is 0.0400. The van der Waals surface area contributed by atoms with E-state index in [-0.39, 0.29) is 27.5 Å². The van der Waals surface area contributed by atoms with Gasteiger partial charge in [0.05, 0.1) is 43.3 Å². The molecule has 1 saturated heterocycles. The highest BCUT2D eigenvalue weighted by Gasteiger charge is 2.40. The second kappa shape index (κ2) is 10.7. The van der Waals surface area contributed by atoms with E-state index in [9.17, 15) is 22.8 Å². The molecule has 1 fully saturated rings. The van der Waals surface area contributed by atoms with Crippen LogP contribution in [-0.2, 0) is 32.6 Å². The molecule has 3 aromatic carbocycles. The summed E-state index contributed by atoms with van der Waals surface area (Å²) in [7, 11) is -4.06. The number of sulfonamides is 1. The first kappa shape index (κ1) is 27.3. The van der Waals surface area contributed by atoms with Gasteiger partial charge in [0.25, 0.3) is 27.1 Å². The summed E-state index contributed by atoms with van der Waals surface area (Å²) in [5.41, 5.74) is 2.58. The van der Waals surface area contributed by atoms with Crippen LogP contribution in [0.25, 0.3) is 5.57 Å². The fraction of sp³-hybridized carbons (Fsp3) is 0.148. The molecule has 0 aromatic heterocycles. The smallest absolute Gasteiger partial charge is 0.290 e. The molecule has 2 N–H and O–H groups in total. The molecule has 0 aliphatic carbocycles. The quantitative estimate of drug-likeness (QED) is 0.322. The van der Waals surface area contributed by atoms with E-state index in [0.717, 1.165) is 12.0 Å². The number of imide groups is 1. The zero-order chi connectivity index (χ0) is 27.9. The van der Waals surface area contributed by atoms with Gasteiger partial charge >= 0.3 is 0 Å². The minimum atomic E-state index is -4.06. The number of nitrogens with one attached hydrogen (secondary N) is 2. The molecule has 39 heavy (non-hydrogen) atoms. The summed E-state index contributed by atoms with van der Waals surface area (Å²) in [6.45, 7) is 2.08. The Bertz CT molecular complexity index is 1690. The zero-order valence-electron chi connectivity index (χ0n) is 20.5. The van der Waals surface area contributed by atoms with Gasteiger partial charge in [-0.3, -0.25) is 24.4 Å². The van der Waals surface area contributed by atoms with E-state index in [0.29, 0.717) is 45.2 Å². The van der Waals surface area contributed by atoms with Crippen molar-refractivity contribution in [3.63, 3.8) is 0 Å². The zero-order valence-corrected chi connectivity index (χ0v) is 23.6. The predicted octanol–water partition coefficient (Wildman–Crippen LogP) is 5.99.